The number of carbonyl (C=O) groups excluding carboxylic acids is 1. The molecule has 1 aliphatic heterocycles. The Morgan fingerprint density at radius 1 is 1.35 bits per heavy atom. The molecule has 1 aromatic carbocycles. The van der Waals surface area contributed by atoms with Crippen LogP contribution < -0.4 is 5.56 Å². The van der Waals surface area contributed by atoms with Crippen molar-refractivity contribution < 1.29 is 9.53 Å². The molecule has 1 unspecified atom stereocenters. The van der Waals surface area contributed by atoms with E-state index in [9.17, 15) is 9.59 Å². The van der Waals surface area contributed by atoms with Gasteiger partial charge in [0.05, 0.1) is 12.6 Å². The minimum absolute atomic E-state index is 0.148. The lowest BCUT2D eigenvalue weighted by molar-refractivity contribution is -0.144. The van der Waals surface area contributed by atoms with Crippen LogP contribution >= 0.6 is 11.3 Å². The van der Waals surface area contributed by atoms with Gasteiger partial charge in [-0.2, -0.15) is 0 Å². The van der Waals surface area contributed by atoms with Gasteiger partial charge in [-0.1, -0.05) is 30.3 Å². The fourth-order valence-electron chi connectivity index (χ4n) is 3.03. The van der Waals surface area contributed by atoms with Crippen LogP contribution in [0.15, 0.2) is 41.2 Å². The Labute approximate surface area is 136 Å². The Morgan fingerprint density at radius 3 is 2.87 bits per heavy atom. The van der Waals surface area contributed by atoms with E-state index in [0.29, 0.717) is 28.9 Å². The van der Waals surface area contributed by atoms with E-state index in [1.54, 1.807) is 0 Å². The monoisotopic (exact) mass is 326 g/mol. The van der Waals surface area contributed by atoms with Crippen LogP contribution in [0.2, 0.25) is 0 Å². The van der Waals surface area contributed by atoms with E-state index in [1.165, 1.54) is 23.0 Å². The largest absolute Gasteiger partial charge is 0.467 e. The number of carbonyl (C=O) groups is 1. The van der Waals surface area contributed by atoms with Crippen LogP contribution in [0, 0.1) is 0 Å². The summed E-state index contributed by atoms with van der Waals surface area (Å²) in [7, 11) is 1.34. The quantitative estimate of drug-likeness (QED) is 0.679. The standard InChI is InChI=1S/C17H14N2O3S/c1-22-17(21)12-7-8-14-18-11-9-13(10-5-3-2-4-6-10)23-15(11)16(20)19(12)14/h2-6,9,12H,7-8H2,1H3. The second-order valence-electron chi connectivity index (χ2n) is 5.47. The highest BCUT2D eigenvalue weighted by Gasteiger charge is 2.32. The van der Waals surface area contributed by atoms with E-state index in [1.807, 2.05) is 36.4 Å². The molecule has 0 saturated carbocycles. The molecule has 116 valence electrons. The van der Waals surface area contributed by atoms with Gasteiger partial charge in [0, 0.05) is 11.3 Å². The number of fused-ring (bicyclic) bond motifs is 2. The van der Waals surface area contributed by atoms with Crippen LogP contribution in [-0.2, 0) is 16.0 Å². The third kappa shape index (κ3) is 2.17. The lowest BCUT2D eigenvalue weighted by Gasteiger charge is -2.11. The molecule has 0 saturated heterocycles. The van der Waals surface area contributed by atoms with Gasteiger partial charge in [-0.15, -0.1) is 11.3 Å². The molecule has 2 aromatic heterocycles. The van der Waals surface area contributed by atoms with Crippen molar-refractivity contribution in [3.8, 4) is 10.4 Å². The zero-order valence-corrected chi connectivity index (χ0v) is 13.3. The third-order valence-corrected chi connectivity index (χ3v) is 5.30. The summed E-state index contributed by atoms with van der Waals surface area (Å²) in [6, 6.07) is 11.3. The van der Waals surface area contributed by atoms with E-state index in [-0.39, 0.29) is 11.5 Å². The first-order valence-corrected chi connectivity index (χ1v) is 8.19. The molecule has 23 heavy (non-hydrogen) atoms. The maximum atomic E-state index is 12.8. The zero-order valence-electron chi connectivity index (χ0n) is 12.5. The molecule has 0 fully saturated rings. The van der Waals surface area contributed by atoms with Crippen molar-refractivity contribution in [2.45, 2.75) is 18.9 Å². The van der Waals surface area contributed by atoms with Crippen LogP contribution in [0.5, 0.6) is 0 Å². The van der Waals surface area contributed by atoms with Crippen molar-refractivity contribution in [2.75, 3.05) is 7.11 Å². The first-order valence-electron chi connectivity index (χ1n) is 7.37. The first-order chi connectivity index (χ1) is 11.2. The van der Waals surface area contributed by atoms with Gasteiger partial charge >= 0.3 is 5.97 Å². The van der Waals surface area contributed by atoms with E-state index in [0.717, 1.165) is 10.4 Å². The lowest BCUT2D eigenvalue weighted by atomic mass is 10.2. The molecule has 0 aliphatic carbocycles. The molecule has 4 rings (SSSR count). The molecule has 0 N–H and O–H groups in total. The molecule has 3 heterocycles. The summed E-state index contributed by atoms with van der Waals surface area (Å²) in [5.41, 5.74) is 1.62. The van der Waals surface area contributed by atoms with Gasteiger partial charge < -0.3 is 4.74 Å². The van der Waals surface area contributed by atoms with Crippen LogP contribution in [-0.4, -0.2) is 22.6 Å². The molecule has 0 radical (unpaired) electrons. The SMILES string of the molecule is COC(=O)C1CCc2nc3cc(-c4ccccc4)sc3c(=O)n21. The fourth-order valence-corrected chi connectivity index (χ4v) is 4.07. The van der Waals surface area contributed by atoms with Gasteiger partial charge in [0.2, 0.25) is 0 Å². The van der Waals surface area contributed by atoms with Gasteiger partial charge in [-0.05, 0) is 18.1 Å². The van der Waals surface area contributed by atoms with Crippen molar-refractivity contribution in [3.05, 3.63) is 52.6 Å². The Kier molecular flexibility index (Phi) is 3.27. The summed E-state index contributed by atoms with van der Waals surface area (Å²) in [6.07, 6.45) is 1.18. The van der Waals surface area contributed by atoms with Crippen molar-refractivity contribution in [2.24, 2.45) is 0 Å². The average molecular weight is 326 g/mol. The number of aromatic nitrogens is 2. The Morgan fingerprint density at radius 2 is 2.13 bits per heavy atom. The second-order valence-corrected chi connectivity index (χ2v) is 6.52. The smallest absolute Gasteiger partial charge is 0.329 e. The predicted molar refractivity (Wildman–Crippen MR) is 88.7 cm³/mol. The highest BCUT2D eigenvalue weighted by molar-refractivity contribution is 7.22. The maximum Gasteiger partial charge on any atom is 0.329 e. The van der Waals surface area contributed by atoms with Crippen LogP contribution in [0.3, 0.4) is 0 Å². The number of benzene rings is 1. The summed E-state index contributed by atoms with van der Waals surface area (Å²) in [5.74, 6) is 0.280. The van der Waals surface area contributed by atoms with Gasteiger partial charge in [-0.25, -0.2) is 9.78 Å². The van der Waals surface area contributed by atoms with Gasteiger partial charge in [0.15, 0.2) is 0 Å². The minimum atomic E-state index is -0.554. The lowest BCUT2D eigenvalue weighted by Crippen LogP contribution is -2.28. The maximum absolute atomic E-state index is 12.8. The Bertz CT molecular complexity index is 959. The van der Waals surface area contributed by atoms with Gasteiger partial charge in [-0.3, -0.25) is 9.36 Å². The number of hydrogen-bond acceptors (Lipinski definition) is 5. The Balaban J connectivity index is 1.90. The van der Waals surface area contributed by atoms with Gasteiger partial charge in [0.1, 0.15) is 16.6 Å². The number of nitrogens with zero attached hydrogens (tertiary/aromatic N) is 2. The van der Waals surface area contributed by atoms with E-state index in [2.05, 4.69) is 4.98 Å². The third-order valence-electron chi connectivity index (χ3n) is 4.14. The number of hydrogen-bond donors (Lipinski definition) is 0. The average Bonchev–Trinajstić information content (AvgIpc) is 3.20. The number of thiophene rings is 1. The molecule has 0 amide bonds. The molecule has 3 aromatic rings. The Hall–Kier alpha value is -2.47. The first kappa shape index (κ1) is 14.1. The second kappa shape index (κ2) is 5.31. The summed E-state index contributed by atoms with van der Waals surface area (Å²) >= 11 is 1.42. The normalized spacial score (nSPS) is 16.5. The van der Waals surface area contributed by atoms with Crippen molar-refractivity contribution in [1.82, 2.24) is 9.55 Å². The summed E-state index contributed by atoms with van der Waals surface area (Å²) < 4.78 is 6.90. The van der Waals surface area contributed by atoms with E-state index in [4.69, 9.17) is 4.74 Å². The highest BCUT2D eigenvalue weighted by atomic mass is 32.1. The van der Waals surface area contributed by atoms with Crippen LogP contribution in [0.4, 0.5) is 0 Å². The number of methoxy groups -OCH3 is 1. The number of esters is 1. The number of rotatable bonds is 2. The summed E-state index contributed by atoms with van der Waals surface area (Å²) in [6.45, 7) is 0. The number of aryl methyl sites for hydroxylation is 1. The molecular formula is C17H14N2O3S. The van der Waals surface area contributed by atoms with Crippen molar-refractivity contribution in [1.29, 1.82) is 0 Å². The molecule has 0 bridgehead atoms. The number of ether oxygens (including phenoxy) is 1. The molecule has 1 aliphatic rings. The topological polar surface area (TPSA) is 61.2 Å². The minimum Gasteiger partial charge on any atom is -0.467 e. The van der Waals surface area contributed by atoms with Crippen molar-refractivity contribution >= 4 is 27.5 Å². The fraction of sp³-hybridized carbons (Fsp3) is 0.235. The molecule has 0 spiro atoms. The van der Waals surface area contributed by atoms with E-state index < -0.39 is 6.04 Å². The van der Waals surface area contributed by atoms with E-state index >= 15 is 0 Å². The van der Waals surface area contributed by atoms with Crippen molar-refractivity contribution in [3.63, 3.8) is 0 Å². The predicted octanol–water partition coefficient (Wildman–Crippen LogP) is 2.79. The zero-order chi connectivity index (χ0) is 16.0. The van der Waals surface area contributed by atoms with Crippen LogP contribution in [0.25, 0.3) is 20.7 Å². The van der Waals surface area contributed by atoms with Gasteiger partial charge in [0.25, 0.3) is 5.56 Å². The molecule has 5 nitrogen and oxygen atoms in total. The van der Waals surface area contributed by atoms with Crippen LogP contribution in [0.1, 0.15) is 18.3 Å². The molecule has 6 heteroatoms. The summed E-state index contributed by atoms with van der Waals surface area (Å²) in [5, 5.41) is 0. The molecular weight excluding hydrogens is 312 g/mol. The highest BCUT2D eigenvalue weighted by Crippen LogP contribution is 2.33. The summed E-state index contributed by atoms with van der Waals surface area (Å²) in [4.78, 5) is 30.3. The molecule has 1 atom stereocenters.